The van der Waals surface area contributed by atoms with Crippen LogP contribution in [0.3, 0.4) is 0 Å². The zero-order valence-corrected chi connectivity index (χ0v) is 7.87. The van der Waals surface area contributed by atoms with Gasteiger partial charge in [0, 0.05) is 13.1 Å². The second kappa shape index (κ2) is 6.71. The van der Waals surface area contributed by atoms with Crippen molar-refractivity contribution in [2.24, 2.45) is 0 Å². The molecule has 1 saturated heterocycles. The molecule has 0 atom stereocenters. The molecule has 1 N–H and O–H groups in total. The van der Waals surface area contributed by atoms with Gasteiger partial charge in [0.15, 0.2) is 5.15 Å². The number of nitrogens with zero attached hydrogens (tertiary/aromatic N) is 3. The smallest absolute Gasteiger partial charge is 0.155 e. The summed E-state index contributed by atoms with van der Waals surface area (Å²) in [4.78, 5) is 0. The number of hydrogen-bond donors (Lipinski definition) is 1. The molecule has 1 aliphatic heterocycles. The normalized spacial score (nSPS) is 15.8. The molecule has 1 fully saturated rings. The lowest BCUT2D eigenvalue weighted by atomic mass is 10.5. The lowest BCUT2D eigenvalue weighted by molar-refractivity contribution is 0.109. The van der Waals surface area contributed by atoms with Crippen LogP contribution in [-0.2, 0) is 4.74 Å². The molecular formula is C7H11ClN4O. The molecule has 0 aromatic carbocycles. The fraction of sp³-hybridized carbons (Fsp3) is 0.571. The zero-order chi connectivity index (χ0) is 9.36. The Hall–Kier alpha value is -0.780. The number of halogens is 1. The van der Waals surface area contributed by atoms with Crippen LogP contribution in [0.15, 0.2) is 12.3 Å². The van der Waals surface area contributed by atoms with Gasteiger partial charge >= 0.3 is 0 Å². The van der Waals surface area contributed by atoms with Crippen molar-refractivity contribution in [2.75, 3.05) is 26.3 Å². The Morgan fingerprint density at radius 3 is 2.38 bits per heavy atom. The molecule has 1 aliphatic rings. The quantitative estimate of drug-likeness (QED) is 0.648. The fourth-order valence-corrected chi connectivity index (χ4v) is 0.832. The SMILES string of the molecule is C1COCCN1.Clc1ccnnn1. The minimum absolute atomic E-state index is 0.370. The van der Waals surface area contributed by atoms with E-state index in [9.17, 15) is 0 Å². The summed E-state index contributed by atoms with van der Waals surface area (Å²) >= 11 is 5.33. The molecular weight excluding hydrogens is 192 g/mol. The van der Waals surface area contributed by atoms with Crippen LogP contribution in [0.5, 0.6) is 0 Å². The van der Waals surface area contributed by atoms with E-state index in [0.29, 0.717) is 5.15 Å². The molecule has 6 heteroatoms. The van der Waals surface area contributed by atoms with Gasteiger partial charge in [-0.15, -0.1) is 10.2 Å². The van der Waals surface area contributed by atoms with Crippen LogP contribution in [-0.4, -0.2) is 41.7 Å². The molecule has 1 aromatic heterocycles. The third-order valence-corrected chi connectivity index (χ3v) is 1.52. The van der Waals surface area contributed by atoms with Crippen molar-refractivity contribution in [3.8, 4) is 0 Å². The average Bonchev–Trinajstić information content (AvgIpc) is 2.22. The highest BCUT2D eigenvalue weighted by atomic mass is 35.5. The summed E-state index contributed by atoms with van der Waals surface area (Å²) in [6.07, 6.45) is 1.48. The number of ether oxygens (including phenoxy) is 1. The van der Waals surface area contributed by atoms with Gasteiger partial charge < -0.3 is 10.1 Å². The number of aromatic nitrogens is 3. The Bertz CT molecular complexity index is 205. The van der Waals surface area contributed by atoms with Crippen LogP contribution in [0.25, 0.3) is 0 Å². The Labute approximate surface area is 81.5 Å². The maximum Gasteiger partial charge on any atom is 0.155 e. The summed E-state index contributed by atoms with van der Waals surface area (Å²) in [6.45, 7) is 3.83. The summed E-state index contributed by atoms with van der Waals surface area (Å²) < 4.78 is 5.01. The standard InChI is InChI=1S/C4H9NO.C3H2ClN3/c1-3-6-4-2-5-1;4-3-1-2-5-7-6-3/h5H,1-4H2;1-2H. The summed E-state index contributed by atoms with van der Waals surface area (Å²) in [6, 6.07) is 1.56. The van der Waals surface area contributed by atoms with Crippen LogP contribution in [0.2, 0.25) is 5.15 Å². The van der Waals surface area contributed by atoms with Crippen LogP contribution in [0.1, 0.15) is 0 Å². The average molecular weight is 203 g/mol. The maximum atomic E-state index is 5.33. The second-order valence-electron chi connectivity index (χ2n) is 2.31. The highest BCUT2D eigenvalue weighted by Gasteiger charge is 1.92. The van der Waals surface area contributed by atoms with Crippen molar-refractivity contribution in [3.05, 3.63) is 17.4 Å². The maximum absolute atomic E-state index is 5.33. The van der Waals surface area contributed by atoms with Gasteiger partial charge in [-0.25, -0.2) is 0 Å². The molecule has 5 nitrogen and oxygen atoms in total. The van der Waals surface area contributed by atoms with E-state index in [1.54, 1.807) is 6.07 Å². The first-order chi connectivity index (χ1) is 6.39. The molecule has 0 bridgehead atoms. The van der Waals surface area contributed by atoms with Gasteiger partial charge in [0.2, 0.25) is 0 Å². The lowest BCUT2D eigenvalue weighted by Gasteiger charge is -2.10. The Morgan fingerprint density at radius 1 is 1.38 bits per heavy atom. The van der Waals surface area contributed by atoms with Gasteiger partial charge in [-0.1, -0.05) is 11.6 Å². The third-order valence-electron chi connectivity index (χ3n) is 1.32. The minimum atomic E-state index is 0.370. The fourth-order valence-electron chi connectivity index (χ4n) is 0.742. The van der Waals surface area contributed by atoms with E-state index < -0.39 is 0 Å². The summed E-state index contributed by atoms with van der Waals surface area (Å²) in [5, 5.41) is 13.6. The highest BCUT2D eigenvalue weighted by Crippen LogP contribution is 1.94. The van der Waals surface area contributed by atoms with E-state index in [-0.39, 0.29) is 0 Å². The van der Waals surface area contributed by atoms with Crippen molar-refractivity contribution in [3.63, 3.8) is 0 Å². The first-order valence-corrected chi connectivity index (χ1v) is 4.36. The summed E-state index contributed by atoms with van der Waals surface area (Å²) in [7, 11) is 0. The van der Waals surface area contributed by atoms with Gasteiger partial charge in [0.25, 0.3) is 0 Å². The van der Waals surface area contributed by atoms with E-state index in [0.717, 1.165) is 26.3 Å². The van der Waals surface area contributed by atoms with Gasteiger partial charge in [0.1, 0.15) is 0 Å². The van der Waals surface area contributed by atoms with Crippen LogP contribution in [0, 0.1) is 0 Å². The Kier molecular flexibility index (Phi) is 5.31. The predicted molar refractivity (Wildman–Crippen MR) is 48.5 cm³/mol. The molecule has 2 heterocycles. The molecule has 72 valence electrons. The van der Waals surface area contributed by atoms with Crippen LogP contribution < -0.4 is 5.32 Å². The van der Waals surface area contributed by atoms with Crippen molar-refractivity contribution in [1.29, 1.82) is 0 Å². The Balaban J connectivity index is 0.000000132. The number of morpholine rings is 1. The first kappa shape index (κ1) is 10.3. The molecule has 1 aromatic rings. The van der Waals surface area contributed by atoms with Crippen LogP contribution in [0.4, 0.5) is 0 Å². The van der Waals surface area contributed by atoms with Gasteiger partial charge in [0.05, 0.1) is 19.4 Å². The number of nitrogens with one attached hydrogen (secondary N) is 1. The van der Waals surface area contributed by atoms with Crippen molar-refractivity contribution >= 4 is 11.6 Å². The molecule has 0 radical (unpaired) electrons. The van der Waals surface area contributed by atoms with Crippen molar-refractivity contribution in [2.45, 2.75) is 0 Å². The zero-order valence-electron chi connectivity index (χ0n) is 7.11. The van der Waals surface area contributed by atoms with Gasteiger partial charge in [-0.2, -0.15) is 0 Å². The van der Waals surface area contributed by atoms with E-state index in [2.05, 4.69) is 20.7 Å². The largest absolute Gasteiger partial charge is 0.379 e. The van der Waals surface area contributed by atoms with E-state index in [4.69, 9.17) is 16.3 Å². The molecule has 0 unspecified atom stereocenters. The van der Waals surface area contributed by atoms with Gasteiger partial charge in [-0.05, 0) is 11.3 Å². The van der Waals surface area contributed by atoms with Crippen LogP contribution >= 0.6 is 11.6 Å². The number of hydrogen-bond acceptors (Lipinski definition) is 5. The van der Waals surface area contributed by atoms with Crippen molar-refractivity contribution in [1.82, 2.24) is 20.7 Å². The molecule has 0 amide bonds. The second-order valence-corrected chi connectivity index (χ2v) is 2.69. The molecule has 0 saturated carbocycles. The molecule has 2 rings (SSSR count). The monoisotopic (exact) mass is 202 g/mol. The van der Waals surface area contributed by atoms with Crippen molar-refractivity contribution < 1.29 is 4.74 Å². The minimum Gasteiger partial charge on any atom is -0.379 e. The highest BCUT2D eigenvalue weighted by molar-refractivity contribution is 6.29. The third kappa shape index (κ3) is 5.46. The van der Waals surface area contributed by atoms with Gasteiger partial charge in [-0.3, -0.25) is 0 Å². The van der Waals surface area contributed by atoms with E-state index in [1.807, 2.05) is 0 Å². The molecule has 0 spiro atoms. The summed E-state index contributed by atoms with van der Waals surface area (Å²) in [5.41, 5.74) is 0. The summed E-state index contributed by atoms with van der Waals surface area (Å²) in [5.74, 6) is 0. The first-order valence-electron chi connectivity index (χ1n) is 3.98. The topological polar surface area (TPSA) is 59.9 Å². The molecule has 0 aliphatic carbocycles. The van der Waals surface area contributed by atoms with E-state index in [1.165, 1.54) is 6.20 Å². The Morgan fingerprint density at radius 2 is 2.15 bits per heavy atom. The molecule has 13 heavy (non-hydrogen) atoms. The lowest BCUT2D eigenvalue weighted by Crippen LogP contribution is -2.30. The number of rotatable bonds is 0. The predicted octanol–water partition coefficient (Wildman–Crippen LogP) is 0.131. The van der Waals surface area contributed by atoms with E-state index >= 15 is 0 Å².